The van der Waals surface area contributed by atoms with Crippen molar-refractivity contribution in [3.05, 3.63) is 65.7 Å². The minimum absolute atomic E-state index is 0.0572. The van der Waals surface area contributed by atoms with Crippen LogP contribution < -0.4 is 16.0 Å². The number of carbonyl (C=O) groups excluding carboxylic acids is 1. The van der Waals surface area contributed by atoms with Crippen LogP contribution in [0.3, 0.4) is 0 Å². The van der Waals surface area contributed by atoms with Crippen LogP contribution in [0.5, 0.6) is 0 Å². The Labute approximate surface area is 192 Å². The lowest BCUT2D eigenvalue weighted by Gasteiger charge is -2.33. The third-order valence-corrected chi connectivity index (χ3v) is 5.63. The van der Waals surface area contributed by atoms with Gasteiger partial charge in [-0.1, -0.05) is 49.4 Å². The first-order chi connectivity index (χ1) is 15.7. The predicted molar refractivity (Wildman–Crippen MR) is 133 cm³/mol. The highest BCUT2D eigenvalue weighted by Crippen LogP contribution is 2.15. The molecule has 3 N–H and O–H groups in total. The van der Waals surface area contributed by atoms with Gasteiger partial charge >= 0.3 is 0 Å². The molecule has 0 bridgehead atoms. The molecule has 0 aliphatic carbocycles. The Morgan fingerprint density at radius 2 is 1.78 bits per heavy atom. The molecule has 0 atom stereocenters. The van der Waals surface area contributed by atoms with E-state index in [1.165, 1.54) is 5.56 Å². The van der Waals surface area contributed by atoms with E-state index in [4.69, 9.17) is 4.99 Å². The maximum atomic E-state index is 11.9. The molecule has 0 saturated carbocycles. The fourth-order valence-electron chi connectivity index (χ4n) is 3.96. The van der Waals surface area contributed by atoms with E-state index in [-0.39, 0.29) is 5.91 Å². The first-order valence-electron chi connectivity index (χ1n) is 11.9. The minimum atomic E-state index is 0.0572. The van der Waals surface area contributed by atoms with Crippen LogP contribution in [0.1, 0.15) is 50.7 Å². The number of aliphatic imine (C=N–C) groups is 1. The van der Waals surface area contributed by atoms with Gasteiger partial charge in [0.15, 0.2) is 5.96 Å². The van der Waals surface area contributed by atoms with E-state index < -0.39 is 0 Å². The molecule has 1 heterocycles. The van der Waals surface area contributed by atoms with Crippen molar-refractivity contribution < 1.29 is 4.79 Å². The van der Waals surface area contributed by atoms with Gasteiger partial charge < -0.3 is 16.0 Å². The van der Waals surface area contributed by atoms with Crippen molar-refractivity contribution in [2.75, 3.05) is 25.0 Å². The van der Waals surface area contributed by atoms with Gasteiger partial charge in [-0.2, -0.15) is 0 Å². The molecule has 6 nitrogen and oxygen atoms in total. The second-order valence-electron chi connectivity index (χ2n) is 8.37. The molecule has 1 saturated heterocycles. The summed E-state index contributed by atoms with van der Waals surface area (Å²) < 4.78 is 0. The standard InChI is InChI=1S/C26H37N5O/c1-3-9-25(32)29-24-13-8-12-22(18-24)19-28-26(27-4-2)30-23-14-16-31(17-15-23)20-21-10-6-5-7-11-21/h5-8,10-13,18,23H,3-4,9,14-17,19-20H2,1-2H3,(H,29,32)(H2,27,28,30). The number of likely N-dealkylation sites (tertiary alicyclic amines) is 1. The van der Waals surface area contributed by atoms with Crippen molar-refractivity contribution in [2.45, 2.75) is 58.7 Å². The van der Waals surface area contributed by atoms with Gasteiger partial charge in [0.05, 0.1) is 6.54 Å². The van der Waals surface area contributed by atoms with Crippen LogP contribution in [0.15, 0.2) is 59.6 Å². The fourth-order valence-corrected chi connectivity index (χ4v) is 3.96. The van der Waals surface area contributed by atoms with Crippen molar-refractivity contribution in [1.82, 2.24) is 15.5 Å². The zero-order chi connectivity index (χ0) is 22.6. The van der Waals surface area contributed by atoms with Crippen LogP contribution in [-0.4, -0.2) is 42.4 Å². The van der Waals surface area contributed by atoms with Gasteiger partial charge in [0.1, 0.15) is 0 Å². The van der Waals surface area contributed by atoms with Gasteiger partial charge in [0, 0.05) is 44.3 Å². The minimum Gasteiger partial charge on any atom is -0.357 e. The van der Waals surface area contributed by atoms with Crippen LogP contribution in [0, 0.1) is 0 Å². The van der Waals surface area contributed by atoms with Gasteiger partial charge in [-0.05, 0) is 49.4 Å². The van der Waals surface area contributed by atoms with Crippen LogP contribution in [0.25, 0.3) is 0 Å². The molecule has 0 aromatic heterocycles. The van der Waals surface area contributed by atoms with Gasteiger partial charge in [0.2, 0.25) is 5.91 Å². The number of amides is 1. The van der Waals surface area contributed by atoms with Crippen molar-refractivity contribution in [3.63, 3.8) is 0 Å². The van der Waals surface area contributed by atoms with Gasteiger partial charge in [-0.3, -0.25) is 9.69 Å². The van der Waals surface area contributed by atoms with Crippen molar-refractivity contribution >= 4 is 17.6 Å². The molecule has 2 aromatic carbocycles. The van der Waals surface area contributed by atoms with Crippen molar-refractivity contribution in [2.24, 2.45) is 4.99 Å². The summed E-state index contributed by atoms with van der Waals surface area (Å²) in [7, 11) is 0. The number of anilines is 1. The van der Waals surface area contributed by atoms with Crippen molar-refractivity contribution in [1.29, 1.82) is 0 Å². The molecule has 1 aliphatic heterocycles. The summed E-state index contributed by atoms with van der Waals surface area (Å²) >= 11 is 0. The Bertz CT molecular complexity index is 860. The van der Waals surface area contributed by atoms with E-state index in [2.05, 4.69) is 58.1 Å². The average Bonchev–Trinajstić information content (AvgIpc) is 2.80. The van der Waals surface area contributed by atoms with Gasteiger partial charge in [-0.15, -0.1) is 0 Å². The summed E-state index contributed by atoms with van der Waals surface area (Å²) in [5.74, 6) is 0.913. The summed E-state index contributed by atoms with van der Waals surface area (Å²) in [5, 5.41) is 9.95. The number of guanidine groups is 1. The monoisotopic (exact) mass is 435 g/mol. The quantitative estimate of drug-likeness (QED) is 0.409. The van der Waals surface area contributed by atoms with E-state index in [1.54, 1.807) is 0 Å². The van der Waals surface area contributed by atoms with E-state index in [1.807, 2.05) is 31.2 Å². The van der Waals surface area contributed by atoms with E-state index >= 15 is 0 Å². The molecule has 1 fully saturated rings. The number of benzene rings is 2. The molecule has 0 spiro atoms. The molecule has 2 aromatic rings. The third-order valence-electron chi connectivity index (χ3n) is 5.63. The maximum Gasteiger partial charge on any atom is 0.224 e. The normalized spacial score (nSPS) is 15.4. The second-order valence-corrected chi connectivity index (χ2v) is 8.37. The highest BCUT2D eigenvalue weighted by atomic mass is 16.1. The zero-order valence-electron chi connectivity index (χ0n) is 19.4. The Kier molecular flexibility index (Phi) is 9.57. The Morgan fingerprint density at radius 3 is 2.50 bits per heavy atom. The van der Waals surface area contributed by atoms with Gasteiger partial charge in [0.25, 0.3) is 0 Å². The van der Waals surface area contributed by atoms with Crippen molar-refractivity contribution in [3.8, 4) is 0 Å². The highest BCUT2D eigenvalue weighted by Gasteiger charge is 2.20. The molecular formula is C26H37N5O. The molecule has 32 heavy (non-hydrogen) atoms. The number of rotatable bonds is 9. The Hall–Kier alpha value is -2.86. The summed E-state index contributed by atoms with van der Waals surface area (Å²) in [6.45, 7) is 8.69. The lowest BCUT2D eigenvalue weighted by molar-refractivity contribution is -0.116. The highest BCUT2D eigenvalue weighted by molar-refractivity contribution is 5.90. The van der Waals surface area contributed by atoms with Crippen LogP contribution in [-0.2, 0) is 17.9 Å². The topological polar surface area (TPSA) is 68.8 Å². The zero-order valence-corrected chi connectivity index (χ0v) is 19.4. The van der Waals surface area contributed by atoms with Crippen LogP contribution in [0.4, 0.5) is 5.69 Å². The number of nitrogens with one attached hydrogen (secondary N) is 3. The third kappa shape index (κ3) is 8.00. The molecule has 1 amide bonds. The number of carbonyl (C=O) groups is 1. The van der Waals surface area contributed by atoms with E-state index in [9.17, 15) is 4.79 Å². The Morgan fingerprint density at radius 1 is 1.03 bits per heavy atom. The second kappa shape index (κ2) is 12.9. The number of nitrogens with zero attached hydrogens (tertiary/aromatic N) is 2. The molecule has 172 valence electrons. The van der Waals surface area contributed by atoms with E-state index in [0.717, 1.165) is 62.7 Å². The molecule has 0 radical (unpaired) electrons. The lowest BCUT2D eigenvalue weighted by atomic mass is 10.0. The summed E-state index contributed by atoms with van der Waals surface area (Å²) in [5.41, 5.74) is 3.29. The maximum absolute atomic E-state index is 11.9. The molecule has 0 unspecified atom stereocenters. The smallest absolute Gasteiger partial charge is 0.224 e. The molecular weight excluding hydrogens is 398 g/mol. The van der Waals surface area contributed by atoms with E-state index in [0.29, 0.717) is 19.0 Å². The SMILES string of the molecule is CCCC(=O)Nc1cccc(CN=C(NCC)NC2CCN(Cc3ccccc3)CC2)c1. The van der Waals surface area contributed by atoms with Crippen LogP contribution in [0.2, 0.25) is 0 Å². The predicted octanol–water partition coefficient (Wildman–Crippen LogP) is 4.14. The molecule has 1 aliphatic rings. The summed E-state index contributed by atoms with van der Waals surface area (Å²) in [4.78, 5) is 19.2. The molecule has 6 heteroatoms. The first kappa shape index (κ1) is 23.8. The first-order valence-corrected chi connectivity index (χ1v) is 11.9. The average molecular weight is 436 g/mol. The van der Waals surface area contributed by atoms with Gasteiger partial charge in [-0.25, -0.2) is 4.99 Å². The van der Waals surface area contributed by atoms with Crippen LogP contribution >= 0.6 is 0 Å². The fraction of sp³-hybridized carbons (Fsp3) is 0.462. The largest absolute Gasteiger partial charge is 0.357 e. The number of hydrogen-bond donors (Lipinski definition) is 3. The number of hydrogen-bond acceptors (Lipinski definition) is 3. The number of piperidine rings is 1. The summed E-state index contributed by atoms with van der Waals surface area (Å²) in [6.07, 6.45) is 3.60. The summed E-state index contributed by atoms with van der Waals surface area (Å²) in [6, 6.07) is 19.1. The Balaban J connectivity index is 1.50. The molecule has 3 rings (SSSR count). The lowest BCUT2D eigenvalue weighted by Crippen LogP contribution is -2.48.